The van der Waals surface area contributed by atoms with E-state index in [1.165, 1.54) is 0 Å². The molecule has 0 bridgehead atoms. The average molecular weight is 295 g/mol. The molecule has 0 rings (SSSR count). The second-order valence-electron chi connectivity index (χ2n) is 3.76. The van der Waals surface area contributed by atoms with Gasteiger partial charge in [-0.3, -0.25) is 0 Å². The Labute approximate surface area is 119 Å². The normalized spacial score (nSPS) is 10.7. The SMILES string of the molecule is O=C(O)NCCOCCOCCOCCOCCCO. The Hall–Kier alpha value is -0.930. The first-order valence-electron chi connectivity index (χ1n) is 6.66. The number of ether oxygens (including phenoxy) is 4. The molecule has 0 heterocycles. The standard InChI is InChI=1S/C12H25NO7/c14-3-1-4-17-6-8-19-10-11-20-9-7-18-5-2-13-12(15)16/h13-14H,1-11H2,(H,15,16). The molecule has 0 aromatic heterocycles. The van der Waals surface area contributed by atoms with E-state index in [1.54, 1.807) is 0 Å². The van der Waals surface area contributed by atoms with E-state index in [-0.39, 0.29) is 13.2 Å². The fraction of sp³-hybridized carbons (Fsp3) is 0.917. The predicted octanol–water partition coefficient (Wildman–Crippen LogP) is -0.297. The third-order valence-electron chi connectivity index (χ3n) is 2.09. The fourth-order valence-electron chi connectivity index (χ4n) is 1.16. The van der Waals surface area contributed by atoms with Crippen LogP contribution in [-0.2, 0) is 18.9 Å². The van der Waals surface area contributed by atoms with Gasteiger partial charge in [-0.25, -0.2) is 4.79 Å². The van der Waals surface area contributed by atoms with E-state index in [0.717, 1.165) is 0 Å². The zero-order valence-corrected chi connectivity index (χ0v) is 11.7. The number of amides is 1. The van der Waals surface area contributed by atoms with Crippen LogP contribution in [0.5, 0.6) is 0 Å². The molecule has 0 unspecified atom stereocenters. The van der Waals surface area contributed by atoms with Crippen molar-refractivity contribution < 1.29 is 34.0 Å². The maximum Gasteiger partial charge on any atom is 0.404 e. The second kappa shape index (κ2) is 16.1. The highest BCUT2D eigenvalue weighted by molar-refractivity contribution is 5.64. The Morgan fingerprint density at radius 1 is 0.800 bits per heavy atom. The van der Waals surface area contributed by atoms with Crippen LogP contribution in [-0.4, -0.2) is 82.3 Å². The highest BCUT2D eigenvalue weighted by atomic mass is 16.6. The molecule has 0 aromatic rings. The van der Waals surface area contributed by atoms with Crippen LogP contribution in [0.1, 0.15) is 6.42 Å². The van der Waals surface area contributed by atoms with E-state index < -0.39 is 6.09 Å². The highest BCUT2D eigenvalue weighted by Crippen LogP contribution is 1.84. The molecule has 20 heavy (non-hydrogen) atoms. The van der Waals surface area contributed by atoms with Crippen molar-refractivity contribution in [2.45, 2.75) is 6.42 Å². The second-order valence-corrected chi connectivity index (χ2v) is 3.76. The number of carboxylic acid groups (broad SMARTS) is 1. The van der Waals surface area contributed by atoms with Crippen molar-refractivity contribution in [3.05, 3.63) is 0 Å². The largest absolute Gasteiger partial charge is 0.465 e. The monoisotopic (exact) mass is 295 g/mol. The van der Waals surface area contributed by atoms with E-state index in [0.29, 0.717) is 59.3 Å². The van der Waals surface area contributed by atoms with E-state index in [4.69, 9.17) is 29.2 Å². The molecular formula is C12H25NO7. The first kappa shape index (κ1) is 19.1. The van der Waals surface area contributed by atoms with Gasteiger partial charge in [-0.15, -0.1) is 0 Å². The van der Waals surface area contributed by atoms with Crippen LogP contribution in [0.2, 0.25) is 0 Å². The molecule has 8 nitrogen and oxygen atoms in total. The van der Waals surface area contributed by atoms with Crippen molar-refractivity contribution in [2.75, 3.05) is 66.0 Å². The lowest BCUT2D eigenvalue weighted by molar-refractivity contribution is -0.00253. The lowest BCUT2D eigenvalue weighted by atomic mass is 10.5. The van der Waals surface area contributed by atoms with Crippen LogP contribution >= 0.6 is 0 Å². The summed E-state index contributed by atoms with van der Waals surface area (Å²) in [7, 11) is 0. The van der Waals surface area contributed by atoms with Crippen LogP contribution in [0.25, 0.3) is 0 Å². The molecule has 120 valence electrons. The molecule has 1 amide bonds. The molecule has 0 atom stereocenters. The summed E-state index contributed by atoms with van der Waals surface area (Å²) in [6, 6.07) is 0. The summed E-state index contributed by atoms with van der Waals surface area (Å²) < 4.78 is 20.8. The Balaban J connectivity index is 2.94. The average Bonchev–Trinajstić information content (AvgIpc) is 2.43. The Kier molecular flexibility index (Phi) is 15.4. The maximum atomic E-state index is 10.1. The summed E-state index contributed by atoms with van der Waals surface area (Å²) in [6.07, 6.45) is -0.409. The fourth-order valence-corrected chi connectivity index (χ4v) is 1.16. The van der Waals surface area contributed by atoms with Crippen LogP contribution in [0.15, 0.2) is 0 Å². The number of hydrogen-bond acceptors (Lipinski definition) is 6. The van der Waals surface area contributed by atoms with Crippen molar-refractivity contribution in [3.63, 3.8) is 0 Å². The molecule has 0 spiro atoms. The van der Waals surface area contributed by atoms with E-state index in [1.807, 2.05) is 0 Å². The topological polar surface area (TPSA) is 106 Å². The number of hydrogen-bond donors (Lipinski definition) is 3. The zero-order chi connectivity index (χ0) is 14.9. The van der Waals surface area contributed by atoms with Crippen molar-refractivity contribution in [1.29, 1.82) is 0 Å². The number of nitrogens with one attached hydrogen (secondary N) is 1. The van der Waals surface area contributed by atoms with Gasteiger partial charge in [0.2, 0.25) is 0 Å². The molecule has 0 radical (unpaired) electrons. The predicted molar refractivity (Wildman–Crippen MR) is 71.0 cm³/mol. The minimum atomic E-state index is -1.05. The Morgan fingerprint density at radius 3 is 1.70 bits per heavy atom. The third kappa shape index (κ3) is 17.1. The number of aliphatic hydroxyl groups excluding tert-OH is 1. The summed E-state index contributed by atoms with van der Waals surface area (Å²) >= 11 is 0. The summed E-state index contributed by atoms with van der Waals surface area (Å²) in [5.41, 5.74) is 0. The molecular weight excluding hydrogens is 270 g/mol. The van der Waals surface area contributed by atoms with Gasteiger partial charge in [-0.1, -0.05) is 0 Å². The Morgan fingerprint density at radius 2 is 1.25 bits per heavy atom. The van der Waals surface area contributed by atoms with Crippen LogP contribution in [0.3, 0.4) is 0 Å². The third-order valence-corrected chi connectivity index (χ3v) is 2.09. The minimum Gasteiger partial charge on any atom is -0.465 e. The van der Waals surface area contributed by atoms with Gasteiger partial charge < -0.3 is 34.5 Å². The van der Waals surface area contributed by atoms with Gasteiger partial charge in [0.15, 0.2) is 0 Å². The lowest BCUT2D eigenvalue weighted by Crippen LogP contribution is -2.25. The highest BCUT2D eigenvalue weighted by Gasteiger charge is 1.94. The van der Waals surface area contributed by atoms with Crippen molar-refractivity contribution in [1.82, 2.24) is 5.32 Å². The number of aliphatic hydroxyl groups is 1. The molecule has 0 aliphatic rings. The molecule has 8 heteroatoms. The zero-order valence-electron chi connectivity index (χ0n) is 11.7. The number of rotatable bonds is 15. The van der Waals surface area contributed by atoms with Gasteiger partial charge in [-0.2, -0.15) is 0 Å². The van der Waals surface area contributed by atoms with E-state index >= 15 is 0 Å². The van der Waals surface area contributed by atoms with Gasteiger partial charge in [0.25, 0.3) is 0 Å². The quantitative estimate of drug-likeness (QED) is 0.356. The minimum absolute atomic E-state index is 0.142. The van der Waals surface area contributed by atoms with Crippen LogP contribution in [0, 0.1) is 0 Å². The van der Waals surface area contributed by atoms with Crippen LogP contribution in [0.4, 0.5) is 4.79 Å². The van der Waals surface area contributed by atoms with Gasteiger partial charge in [0.05, 0.1) is 46.2 Å². The molecule has 0 fully saturated rings. The summed E-state index contributed by atoms with van der Waals surface area (Å²) in [5.74, 6) is 0. The molecule has 3 N–H and O–H groups in total. The van der Waals surface area contributed by atoms with Crippen LogP contribution < -0.4 is 5.32 Å². The number of carbonyl (C=O) groups is 1. The van der Waals surface area contributed by atoms with Gasteiger partial charge >= 0.3 is 6.09 Å². The molecule has 0 aromatic carbocycles. The lowest BCUT2D eigenvalue weighted by Gasteiger charge is -2.07. The van der Waals surface area contributed by atoms with Crippen molar-refractivity contribution >= 4 is 6.09 Å². The van der Waals surface area contributed by atoms with E-state index in [9.17, 15) is 4.79 Å². The summed E-state index contributed by atoms with van der Waals surface area (Å²) in [6.45, 7) is 4.15. The summed E-state index contributed by atoms with van der Waals surface area (Å²) in [5, 5.41) is 19.0. The molecule has 0 saturated carbocycles. The Bertz CT molecular complexity index is 216. The first-order valence-corrected chi connectivity index (χ1v) is 6.66. The summed E-state index contributed by atoms with van der Waals surface area (Å²) in [4.78, 5) is 10.1. The van der Waals surface area contributed by atoms with E-state index in [2.05, 4.69) is 5.32 Å². The maximum absolute atomic E-state index is 10.1. The van der Waals surface area contributed by atoms with Gasteiger partial charge in [0.1, 0.15) is 0 Å². The van der Waals surface area contributed by atoms with Gasteiger partial charge in [0, 0.05) is 19.8 Å². The molecule has 0 aliphatic heterocycles. The van der Waals surface area contributed by atoms with Gasteiger partial charge in [-0.05, 0) is 6.42 Å². The first-order chi connectivity index (χ1) is 9.77. The van der Waals surface area contributed by atoms with Crippen molar-refractivity contribution in [3.8, 4) is 0 Å². The molecule has 0 saturated heterocycles. The molecule has 0 aliphatic carbocycles. The van der Waals surface area contributed by atoms with Crippen molar-refractivity contribution in [2.24, 2.45) is 0 Å². The smallest absolute Gasteiger partial charge is 0.404 e.